The Kier molecular flexibility index (Phi) is 6.28. The molecule has 0 spiro atoms. The number of hydrogen-bond donors (Lipinski definition) is 0. The van der Waals surface area contributed by atoms with Crippen molar-refractivity contribution in [3.63, 3.8) is 0 Å². The second-order valence-corrected chi connectivity index (χ2v) is 8.96. The molecule has 4 rings (SSSR count). The Hall–Kier alpha value is -3.87. The van der Waals surface area contributed by atoms with E-state index in [2.05, 4.69) is 9.97 Å². The third kappa shape index (κ3) is 4.59. The molecule has 0 aliphatic rings. The van der Waals surface area contributed by atoms with Gasteiger partial charge in [-0.2, -0.15) is 0 Å². The number of amides is 1. The lowest BCUT2D eigenvalue weighted by atomic mass is 9.94. The molecule has 0 aliphatic carbocycles. The van der Waals surface area contributed by atoms with Crippen LogP contribution in [0.15, 0.2) is 60.9 Å². The number of aromatic nitrogens is 3. The van der Waals surface area contributed by atoms with E-state index in [1.54, 1.807) is 18.5 Å². The zero-order chi connectivity index (χ0) is 24.5. The van der Waals surface area contributed by atoms with Crippen molar-refractivity contribution in [2.45, 2.75) is 40.2 Å². The van der Waals surface area contributed by atoms with Gasteiger partial charge < -0.3 is 4.74 Å². The number of benzene rings is 1. The van der Waals surface area contributed by atoms with Gasteiger partial charge in [-0.1, -0.05) is 12.1 Å². The van der Waals surface area contributed by atoms with Crippen LogP contribution < -0.4 is 4.90 Å². The van der Waals surface area contributed by atoms with Gasteiger partial charge in [-0.15, -0.1) is 0 Å². The number of carbonyl (C=O) groups is 1. The molecule has 0 aliphatic heterocycles. The van der Waals surface area contributed by atoms with Crippen molar-refractivity contribution in [2.75, 3.05) is 11.4 Å². The number of nitrogens with zero attached hydrogens (tertiary/aromatic N) is 4. The SMILES string of the molecule is CCN(C(=O)OC(C)(C)C)c1nc2ccc(F)cc2c(-c2ncccc2C)c1-c1ccccn1. The lowest BCUT2D eigenvalue weighted by Crippen LogP contribution is -2.37. The zero-order valence-corrected chi connectivity index (χ0v) is 20.0. The highest BCUT2D eigenvalue weighted by Gasteiger charge is 2.29. The second kappa shape index (κ2) is 9.17. The maximum absolute atomic E-state index is 14.5. The number of halogens is 1. The molecule has 1 amide bonds. The lowest BCUT2D eigenvalue weighted by Gasteiger charge is -2.28. The maximum atomic E-state index is 14.5. The van der Waals surface area contributed by atoms with E-state index in [-0.39, 0.29) is 5.82 Å². The van der Waals surface area contributed by atoms with Crippen LogP contribution in [0.5, 0.6) is 0 Å². The molecule has 3 aromatic heterocycles. The molecule has 0 saturated carbocycles. The molecule has 1 aromatic carbocycles. The molecule has 0 saturated heterocycles. The number of hydrogen-bond acceptors (Lipinski definition) is 5. The number of ether oxygens (including phenoxy) is 1. The van der Waals surface area contributed by atoms with Crippen molar-refractivity contribution in [2.24, 2.45) is 0 Å². The summed E-state index contributed by atoms with van der Waals surface area (Å²) in [5, 5.41) is 0.589. The Balaban J connectivity index is 2.14. The largest absolute Gasteiger partial charge is 0.443 e. The quantitative estimate of drug-likeness (QED) is 0.346. The van der Waals surface area contributed by atoms with Gasteiger partial charge in [0.15, 0.2) is 0 Å². The normalized spacial score (nSPS) is 11.5. The molecule has 174 valence electrons. The number of rotatable bonds is 4. The molecular weight excluding hydrogens is 431 g/mol. The molecule has 0 N–H and O–H groups in total. The van der Waals surface area contributed by atoms with Gasteiger partial charge in [0, 0.05) is 29.9 Å². The predicted octanol–water partition coefficient (Wildman–Crippen LogP) is 6.57. The fourth-order valence-corrected chi connectivity index (χ4v) is 3.85. The number of anilines is 1. The van der Waals surface area contributed by atoms with Gasteiger partial charge in [0.2, 0.25) is 0 Å². The van der Waals surface area contributed by atoms with Gasteiger partial charge in [0.25, 0.3) is 0 Å². The summed E-state index contributed by atoms with van der Waals surface area (Å²) in [5.41, 5.74) is 3.28. The third-order valence-electron chi connectivity index (χ3n) is 5.28. The first-order valence-electron chi connectivity index (χ1n) is 11.2. The van der Waals surface area contributed by atoms with Crippen LogP contribution in [-0.4, -0.2) is 33.2 Å². The van der Waals surface area contributed by atoms with Gasteiger partial charge in [-0.25, -0.2) is 14.2 Å². The Labute approximate surface area is 198 Å². The highest BCUT2D eigenvalue weighted by atomic mass is 19.1. The van der Waals surface area contributed by atoms with E-state index in [0.29, 0.717) is 45.8 Å². The average Bonchev–Trinajstić information content (AvgIpc) is 2.79. The van der Waals surface area contributed by atoms with Crippen molar-refractivity contribution < 1.29 is 13.9 Å². The molecule has 7 heteroatoms. The molecule has 0 bridgehead atoms. The molecular formula is C27H27FN4O2. The molecule has 6 nitrogen and oxygen atoms in total. The minimum atomic E-state index is -0.684. The number of fused-ring (bicyclic) bond motifs is 1. The smallest absolute Gasteiger partial charge is 0.416 e. The van der Waals surface area contributed by atoms with Gasteiger partial charge in [-0.05, 0) is 76.6 Å². The topological polar surface area (TPSA) is 68.2 Å². The van der Waals surface area contributed by atoms with Gasteiger partial charge >= 0.3 is 6.09 Å². The van der Waals surface area contributed by atoms with Crippen LogP contribution >= 0.6 is 0 Å². The van der Waals surface area contributed by atoms with Crippen LogP contribution in [0, 0.1) is 12.7 Å². The molecule has 0 fully saturated rings. The minimum Gasteiger partial charge on any atom is -0.443 e. The molecule has 4 aromatic rings. The highest BCUT2D eigenvalue weighted by molar-refractivity contribution is 6.07. The average molecular weight is 459 g/mol. The van der Waals surface area contributed by atoms with Crippen LogP contribution in [0.1, 0.15) is 33.3 Å². The number of aryl methyl sites for hydroxylation is 1. The summed E-state index contributed by atoms with van der Waals surface area (Å²) in [6, 6.07) is 13.7. The van der Waals surface area contributed by atoms with E-state index in [1.807, 2.05) is 65.0 Å². The summed E-state index contributed by atoms with van der Waals surface area (Å²) < 4.78 is 20.1. The molecule has 0 radical (unpaired) electrons. The molecule has 34 heavy (non-hydrogen) atoms. The summed E-state index contributed by atoms with van der Waals surface area (Å²) in [7, 11) is 0. The number of carbonyl (C=O) groups excluding carboxylic acids is 1. The summed E-state index contributed by atoms with van der Waals surface area (Å²) in [5.74, 6) is -0.00189. The Morgan fingerprint density at radius 3 is 2.44 bits per heavy atom. The van der Waals surface area contributed by atoms with E-state index >= 15 is 0 Å². The Morgan fingerprint density at radius 2 is 1.79 bits per heavy atom. The summed E-state index contributed by atoms with van der Waals surface area (Å²) in [6.07, 6.45) is 2.85. The number of pyridine rings is 3. The second-order valence-electron chi connectivity index (χ2n) is 8.96. The van der Waals surface area contributed by atoms with Crippen LogP contribution in [0.2, 0.25) is 0 Å². The first kappa shape index (κ1) is 23.3. The summed E-state index contributed by atoms with van der Waals surface area (Å²) >= 11 is 0. The van der Waals surface area contributed by atoms with Crippen LogP contribution in [0.4, 0.5) is 15.0 Å². The van der Waals surface area contributed by atoms with Crippen molar-refractivity contribution >= 4 is 22.8 Å². The van der Waals surface area contributed by atoms with Crippen LogP contribution in [0.3, 0.4) is 0 Å². The van der Waals surface area contributed by atoms with Crippen LogP contribution in [0.25, 0.3) is 33.4 Å². The fourth-order valence-electron chi connectivity index (χ4n) is 3.85. The first-order valence-corrected chi connectivity index (χ1v) is 11.2. The summed E-state index contributed by atoms with van der Waals surface area (Å²) in [6.45, 7) is 9.57. The minimum absolute atomic E-state index is 0.315. The third-order valence-corrected chi connectivity index (χ3v) is 5.28. The van der Waals surface area contributed by atoms with Crippen molar-refractivity contribution in [3.8, 4) is 22.5 Å². The lowest BCUT2D eigenvalue weighted by molar-refractivity contribution is 0.0581. The van der Waals surface area contributed by atoms with E-state index in [1.165, 1.54) is 17.0 Å². The van der Waals surface area contributed by atoms with E-state index in [9.17, 15) is 9.18 Å². The van der Waals surface area contributed by atoms with Crippen molar-refractivity contribution in [1.29, 1.82) is 0 Å². The van der Waals surface area contributed by atoms with Crippen molar-refractivity contribution in [3.05, 3.63) is 72.3 Å². The van der Waals surface area contributed by atoms with E-state index in [0.717, 1.165) is 5.56 Å². The molecule has 0 unspecified atom stereocenters. The standard InChI is InChI=1S/C27H27FN4O2/c1-6-32(26(33)34-27(3,4)5)25-23(21-11-7-8-14-29-21)22(24-17(2)10-9-15-30-24)19-16-18(28)12-13-20(19)31-25/h7-16H,6H2,1-5H3. The first-order chi connectivity index (χ1) is 16.2. The Morgan fingerprint density at radius 1 is 1.03 bits per heavy atom. The van der Waals surface area contributed by atoms with E-state index in [4.69, 9.17) is 9.72 Å². The Bertz CT molecular complexity index is 1350. The predicted molar refractivity (Wildman–Crippen MR) is 132 cm³/mol. The van der Waals surface area contributed by atoms with E-state index < -0.39 is 11.7 Å². The van der Waals surface area contributed by atoms with Gasteiger partial charge in [0.1, 0.15) is 17.2 Å². The molecule has 0 atom stereocenters. The summed E-state index contributed by atoms with van der Waals surface area (Å²) in [4.78, 5) is 28.8. The zero-order valence-electron chi connectivity index (χ0n) is 20.0. The van der Waals surface area contributed by atoms with Crippen LogP contribution in [-0.2, 0) is 4.74 Å². The van der Waals surface area contributed by atoms with Crippen molar-refractivity contribution in [1.82, 2.24) is 15.0 Å². The maximum Gasteiger partial charge on any atom is 0.416 e. The fraction of sp³-hybridized carbons (Fsp3) is 0.259. The highest BCUT2D eigenvalue weighted by Crippen LogP contribution is 2.43. The molecule has 3 heterocycles. The van der Waals surface area contributed by atoms with Gasteiger partial charge in [-0.3, -0.25) is 14.9 Å². The van der Waals surface area contributed by atoms with Gasteiger partial charge in [0.05, 0.1) is 22.5 Å². The monoisotopic (exact) mass is 458 g/mol.